The van der Waals surface area contributed by atoms with Crippen LogP contribution in [0.25, 0.3) is 0 Å². The van der Waals surface area contributed by atoms with Crippen LogP contribution in [-0.4, -0.2) is 50.6 Å². The van der Waals surface area contributed by atoms with Gasteiger partial charge in [0.25, 0.3) is 5.91 Å². The van der Waals surface area contributed by atoms with Crippen LogP contribution < -0.4 is 15.5 Å². The van der Waals surface area contributed by atoms with Crippen molar-refractivity contribution in [3.05, 3.63) is 60.6 Å². The van der Waals surface area contributed by atoms with Crippen LogP contribution in [-0.2, 0) is 0 Å². The summed E-state index contributed by atoms with van der Waals surface area (Å²) in [5.74, 6) is 1.64. The van der Waals surface area contributed by atoms with Crippen molar-refractivity contribution in [1.82, 2.24) is 19.9 Å². The molecule has 0 radical (unpaired) electrons. The summed E-state index contributed by atoms with van der Waals surface area (Å²) in [5, 5.41) is 15.2. The Morgan fingerprint density at radius 1 is 1.07 bits per heavy atom. The van der Waals surface area contributed by atoms with Gasteiger partial charge in [0, 0.05) is 31.6 Å². The van der Waals surface area contributed by atoms with Gasteiger partial charge in [0.2, 0.25) is 11.9 Å². The topological polar surface area (TPSA) is 116 Å². The number of nitrogens with one attached hydrogen (secondary N) is 2. The van der Waals surface area contributed by atoms with Crippen LogP contribution >= 0.6 is 0 Å². The molecule has 30 heavy (non-hydrogen) atoms. The maximum Gasteiger partial charge on any atom is 0.257 e. The molecule has 9 nitrogen and oxygen atoms in total. The van der Waals surface area contributed by atoms with Gasteiger partial charge >= 0.3 is 0 Å². The smallest absolute Gasteiger partial charge is 0.257 e. The van der Waals surface area contributed by atoms with Gasteiger partial charge in [-0.15, -0.1) is 0 Å². The second-order valence-electron chi connectivity index (χ2n) is 7.10. The number of anilines is 4. The minimum Gasteiger partial charge on any atom is -0.396 e. The fourth-order valence-electron chi connectivity index (χ4n) is 3.26. The highest BCUT2D eigenvalue weighted by molar-refractivity contribution is 6.04. The first-order valence-electron chi connectivity index (χ1n) is 9.85. The summed E-state index contributed by atoms with van der Waals surface area (Å²) < 4.78 is 0. The van der Waals surface area contributed by atoms with E-state index in [4.69, 9.17) is 0 Å². The van der Waals surface area contributed by atoms with Crippen molar-refractivity contribution < 1.29 is 9.90 Å². The largest absolute Gasteiger partial charge is 0.396 e. The summed E-state index contributed by atoms with van der Waals surface area (Å²) in [7, 11) is 0. The summed E-state index contributed by atoms with van der Waals surface area (Å²) in [6.07, 6.45) is 4.80. The lowest BCUT2D eigenvalue weighted by Crippen LogP contribution is -2.36. The molecule has 9 heteroatoms. The molecule has 0 spiro atoms. The molecule has 0 aliphatic carbocycles. The van der Waals surface area contributed by atoms with E-state index in [1.807, 2.05) is 30.3 Å². The van der Waals surface area contributed by atoms with E-state index >= 15 is 0 Å². The fourth-order valence-corrected chi connectivity index (χ4v) is 3.26. The second-order valence-corrected chi connectivity index (χ2v) is 7.10. The average molecular weight is 405 g/mol. The molecular weight excluding hydrogens is 382 g/mol. The third-order valence-electron chi connectivity index (χ3n) is 5.01. The van der Waals surface area contributed by atoms with Gasteiger partial charge < -0.3 is 20.6 Å². The molecule has 1 aliphatic rings. The number of para-hydroxylation sites is 1. The first-order chi connectivity index (χ1) is 14.7. The van der Waals surface area contributed by atoms with Crippen LogP contribution in [0.15, 0.2) is 55.0 Å². The van der Waals surface area contributed by atoms with E-state index in [-0.39, 0.29) is 12.5 Å². The Hall–Kier alpha value is -3.59. The molecular formula is C21H23N7O2. The Morgan fingerprint density at radius 2 is 1.87 bits per heavy atom. The molecule has 1 fully saturated rings. The standard InChI is InChI=1S/C21H23N7O2/c29-13-15-8-10-28(11-9-15)21-24-14-23-20(27-21)26-18-7-6-16(12-22-18)19(30)25-17-4-2-1-3-5-17/h1-7,12,14-15,29H,8-11,13H2,(H,25,30)(H,22,23,24,26,27). The zero-order valence-electron chi connectivity index (χ0n) is 16.4. The number of nitrogens with zero attached hydrogens (tertiary/aromatic N) is 5. The Labute approximate surface area is 174 Å². The number of rotatable bonds is 6. The average Bonchev–Trinajstić information content (AvgIpc) is 2.80. The Kier molecular flexibility index (Phi) is 6.09. The van der Waals surface area contributed by atoms with Crippen LogP contribution in [0, 0.1) is 5.92 Å². The van der Waals surface area contributed by atoms with E-state index in [1.54, 1.807) is 12.1 Å². The number of aliphatic hydroxyl groups is 1. The Bertz CT molecular complexity index is 974. The Balaban J connectivity index is 1.38. The van der Waals surface area contributed by atoms with E-state index in [2.05, 4.69) is 35.5 Å². The molecule has 1 saturated heterocycles. The second kappa shape index (κ2) is 9.27. The molecule has 2 aromatic heterocycles. The molecule has 3 N–H and O–H groups in total. The van der Waals surface area contributed by atoms with Gasteiger partial charge in [-0.1, -0.05) is 18.2 Å². The van der Waals surface area contributed by atoms with E-state index in [0.29, 0.717) is 29.2 Å². The predicted molar refractivity (Wildman–Crippen MR) is 114 cm³/mol. The van der Waals surface area contributed by atoms with Crippen molar-refractivity contribution in [2.45, 2.75) is 12.8 Å². The lowest BCUT2D eigenvalue weighted by Gasteiger charge is -2.30. The van der Waals surface area contributed by atoms with Crippen LogP contribution in [0.3, 0.4) is 0 Å². The van der Waals surface area contributed by atoms with Crippen molar-refractivity contribution >= 4 is 29.3 Å². The maximum atomic E-state index is 12.3. The van der Waals surface area contributed by atoms with Crippen LogP contribution in [0.1, 0.15) is 23.2 Å². The molecule has 1 aromatic carbocycles. The summed E-state index contributed by atoms with van der Waals surface area (Å²) in [6, 6.07) is 12.7. The van der Waals surface area contributed by atoms with Crippen molar-refractivity contribution in [2.24, 2.45) is 5.92 Å². The van der Waals surface area contributed by atoms with E-state index in [9.17, 15) is 9.90 Å². The lowest BCUT2D eigenvalue weighted by atomic mass is 9.98. The normalized spacial score (nSPS) is 14.4. The van der Waals surface area contributed by atoms with Gasteiger partial charge in [-0.25, -0.2) is 15.0 Å². The number of benzene rings is 1. The molecule has 1 amide bonds. The number of hydrogen-bond acceptors (Lipinski definition) is 8. The number of piperidine rings is 1. The van der Waals surface area contributed by atoms with Gasteiger partial charge in [-0.05, 0) is 43.0 Å². The van der Waals surface area contributed by atoms with Crippen molar-refractivity contribution in [1.29, 1.82) is 0 Å². The molecule has 3 heterocycles. The number of pyridine rings is 1. The minimum atomic E-state index is -0.228. The Morgan fingerprint density at radius 3 is 2.57 bits per heavy atom. The maximum absolute atomic E-state index is 12.3. The SMILES string of the molecule is O=C(Nc1ccccc1)c1ccc(Nc2ncnc(N3CCC(CO)CC3)n2)nc1. The number of hydrogen-bond donors (Lipinski definition) is 3. The molecule has 0 bridgehead atoms. The molecule has 154 valence electrons. The van der Waals surface area contributed by atoms with Crippen molar-refractivity contribution in [3.63, 3.8) is 0 Å². The van der Waals surface area contributed by atoms with Crippen molar-refractivity contribution in [3.8, 4) is 0 Å². The lowest BCUT2D eigenvalue weighted by molar-refractivity contribution is 0.102. The number of aliphatic hydroxyl groups excluding tert-OH is 1. The minimum absolute atomic E-state index is 0.225. The molecule has 0 atom stereocenters. The number of amides is 1. The zero-order valence-corrected chi connectivity index (χ0v) is 16.4. The molecule has 3 aromatic rings. The third kappa shape index (κ3) is 4.87. The first kappa shape index (κ1) is 19.7. The molecule has 0 unspecified atom stereocenters. The van der Waals surface area contributed by atoms with Gasteiger partial charge in [-0.2, -0.15) is 4.98 Å². The van der Waals surface area contributed by atoms with Gasteiger partial charge in [0.1, 0.15) is 12.1 Å². The summed E-state index contributed by atoms with van der Waals surface area (Å²) in [6.45, 7) is 1.83. The fraction of sp³-hybridized carbons (Fsp3) is 0.286. The third-order valence-corrected chi connectivity index (χ3v) is 5.01. The van der Waals surface area contributed by atoms with Crippen LogP contribution in [0.2, 0.25) is 0 Å². The number of carbonyl (C=O) groups excluding carboxylic acids is 1. The highest BCUT2D eigenvalue weighted by Crippen LogP contribution is 2.21. The summed E-state index contributed by atoms with van der Waals surface area (Å²) >= 11 is 0. The van der Waals surface area contributed by atoms with Gasteiger partial charge in [-0.3, -0.25) is 4.79 Å². The molecule has 4 rings (SSSR count). The summed E-state index contributed by atoms with van der Waals surface area (Å²) in [4.78, 5) is 31.6. The quantitative estimate of drug-likeness (QED) is 0.573. The van der Waals surface area contributed by atoms with E-state index in [0.717, 1.165) is 31.6 Å². The zero-order chi connectivity index (χ0) is 20.8. The van der Waals surface area contributed by atoms with Crippen LogP contribution in [0.4, 0.5) is 23.4 Å². The predicted octanol–water partition coefficient (Wildman–Crippen LogP) is 2.47. The number of aromatic nitrogens is 4. The van der Waals surface area contributed by atoms with E-state index in [1.165, 1.54) is 12.5 Å². The first-order valence-corrected chi connectivity index (χ1v) is 9.85. The molecule has 1 aliphatic heterocycles. The number of carbonyl (C=O) groups is 1. The van der Waals surface area contributed by atoms with E-state index < -0.39 is 0 Å². The van der Waals surface area contributed by atoms with Crippen molar-refractivity contribution in [2.75, 3.05) is 35.2 Å². The summed E-state index contributed by atoms with van der Waals surface area (Å²) in [5.41, 5.74) is 1.18. The monoisotopic (exact) mass is 405 g/mol. The molecule has 0 saturated carbocycles. The highest BCUT2D eigenvalue weighted by Gasteiger charge is 2.20. The van der Waals surface area contributed by atoms with Gasteiger partial charge in [0.15, 0.2) is 0 Å². The highest BCUT2D eigenvalue weighted by atomic mass is 16.3. The van der Waals surface area contributed by atoms with Crippen LogP contribution in [0.5, 0.6) is 0 Å². The van der Waals surface area contributed by atoms with Gasteiger partial charge in [0.05, 0.1) is 5.56 Å².